The van der Waals surface area contributed by atoms with E-state index >= 15 is 0 Å². The molecule has 0 aliphatic carbocycles. The van der Waals surface area contributed by atoms with E-state index in [4.69, 9.17) is 26.4 Å². The van der Waals surface area contributed by atoms with Crippen LogP contribution >= 0.6 is 12.2 Å². The zero-order chi connectivity index (χ0) is 28.6. The number of hydrogen-bond acceptors (Lipinski definition) is 7. The highest BCUT2D eigenvalue weighted by Crippen LogP contribution is 2.47. The second kappa shape index (κ2) is 10.9. The molecule has 0 unspecified atom stereocenters. The molecule has 3 heterocycles. The van der Waals surface area contributed by atoms with Gasteiger partial charge in [0, 0.05) is 23.7 Å². The smallest absolute Gasteiger partial charge is 0.296 e. The highest BCUT2D eigenvalue weighted by atomic mass is 32.1. The number of pyridine rings is 1. The van der Waals surface area contributed by atoms with Gasteiger partial charge in [-0.2, -0.15) is 0 Å². The Balaban J connectivity index is 1.73. The number of nitro groups is 1. The molecule has 1 fully saturated rings. The summed E-state index contributed by atoms with van der Waals surface area (Å²) in [7, 11) is 4.70. The molecule has 0 spiro atoms. The largest absolute Gasteiger partial charge is 0.497 e. The fourth-order valence-corrected chi connectivity index (χ4v) is 5.68. The van der Waals surface area contributed by atoms with E-state index in [1.807, 2.05) is 65.8 Å². The lowest BCUT2D eigenvalue weighted by molar-refractivity contribution is -0.384. The summed E-state index contributed by atoms with van der Waals surface area (Å²) in [4.78, 5) is 18.3. The first-order valence-electron chi connectivity index (χ1n) is 12.5. The van der Waals surface area contributed by atoms with Gasteiger partial charge in [0.15, 0.2) is 5.11 Å². The Morgan fingerprint density at radius 2 is 1.68 bits per heavy atom. The molecule has 1 N–H and O–H groups in total. The summed E-state index contributed by atoms with van der Waals surface area (Å²) in [6.07, 6.45) is 1.75. The van der Waals surface area contributed by atoms with Crippen LogP contribution < -0.4 is 24.4 Å². The fraction of sp³-hybridized carbons (Fsp3) is 0.241. The molecule has 0 radical (unpaired) electrons. The molecule has 1 aliphatic rings. The number of methoxy groups -OCH3 is 3. The molecule has 0 amide bonds. The highest BCUT2D eigenvalue weighted by molar-refractivity contribution is 7.80. The average molecular weight is 560 g/mol. The van der Waals surface area contributed by atoms with Gasteiger partial charge in [-0.15, -0.1) is 0 Å². The molecule has 2 aromatic heterocycles. The van der Waals surface area contributed by atoms with Gasteiger partial charge in [-0.25, -0.2) is 0 Å². The molecule has 10 nitrogen and oxygen atoms in total. The lowest BCUT2D eigenvalue weighted by atomic mass is 9.96. The Hall–Kier alpha value is -4.64. The van der Waals surface area contributed by atoms with Gasteiger partial charge in [0.2, 0.25) is 0 Å². The first kappa shape index (κ1) is 26.9. The number of nitrogens with one attached hydrogen (secondary N) is 1. The Kier molecular flexibility index (Phi) is 7.31. The second-order valence-corrected chi connectivity index (χ2v) is 9.69. The van der Waals surface area contributed by atoms with Gasteiger partial charge in [0.05, 0.1) is 55.8 Å². The van der Waals surface area contributed by atoms with Crippen molar-refractivity contribution in [2.24, 2.45) is 0 Å². The van der Waals surface area contributed by atoms with Crippen molar-refractivity contribution < 1.29 is 19.1 Å². The van der Waals surface area contributed by atoms with Crippen molar-refractivity contribution in [3.63, 3.8) is 0 Å². The Morgan fingerprint density at radius 1 is 0.950 bits per heavy atom. The van der Waals surface area contributed by atoms with Crippen LogP contribution in [0.15, 0.2) is 66.9 Å². The number of nitro benzene ring substituents is 1. The second-order valence-electron chi connectivity index (χ2n) is 9.31. The van der Waals surface area contributed by atoms with E-state index in [-0.39, 0.29) is 17.8 Å². The minimum atomic E-state index is -0.396. The maximum Gasteiger partial charge on any atom is 0.296 e. The Bertz CT molecular complexity index is 1590. The number of anilines is 1. The van der Waals surface area contributed by atoms with E-state index in [9.17, 15) is 10.1 Å². The minimum Gasteiger partial charge on any atom is -0.497 e. The summed E-state index contributed by atoms with van der Waals surface area (Å²) in [5, 5.41) is 16.0. The summed E-state index contributed by atoms with van der Waals surface area (Å²) in [5.41, 5.74) is 4.50. The zero-order valence-corrected chi connectivity index (χ0v) is 23.6. The molecule has 40 heavy (non-hydrogen) atoms. The molecule has 0 bridgehead atoms. The number of rotatable bonds is 8. The topological polar surface area (TPSA) is 104 Å². The van der Waals surface area contributed by atoms with Crippen molar-refractivity contribution in [3.05, 3.63) is 99.6 Å². The number of aryl methyl sites for hydroxylation is 1. The predicted octanol–water partition coefficient (Wildman–Crippen LogP) is 5.60. The third kappa shape index (κ3) is 4.58. The van der Waals surface area contributed by atoms with Crippen molar-refractivity contribution in [2.75, 3.05) is 26.2 Å². The van der Waals surface area contributed by atoms with Crippen molar-refractivity contribution in [3.8, 4) is 22.9 Å². The lowest BCUT2D eigenvalue weighted by Crippen LogP contribution is -2.30. The van der Waals surface area contributed by atoms with Crippen molar-refractivity contribution >= 4 is 28.7 Å². The minimum absolute atomic E-state index is 0.0552. The van der Waals surface area contributed by atoms with Crippen LogP contribution in [-0.2, 0) is 0 Å². The normalized spacial score (nSPS) is 16.5. The first-order valence-corrected chi connectivity index (χ1v) is 12.9. The number of hydrogen-bond donors (Lipinski definition) is 1. The molecule has 4 aromatic rings. The summed E-state index contributed by atoms with van der Waals surface area (Å²) in [5.74, 6) is 1.68. The third-order valence-electron chi connectivity index (χ3n) is 7.15. The van der Waals surface area contributed by atoms with Crippen LogP contribution in [0.2, 0.25) is 0 Å². The summed E-state index contributed by atoms with van der Waals surface area (Å²) >= 11 is 5.90. The van der Waals surface area contributed by atoms with Gasteiger partial charge in [-0.05, 0) is 74.1 Å². The van der Waals surface area contributed by atoms with Crippen LogP contribution in [0.5, 0.6) is 17.2 Å². The van der Waals surface area contributed by atoms with Crippen molar-refractivity contribution in [2.45, 2.75) is 25.9 Å². The Morgan fingerprint density at radius 3 is 2.33 bits per heavy atom. The van der Waals surface area contributed by atoms with Gasteiger partial charge in [-0.3, -0.25) is 15.1 Å². The third-order valence-corrected chi connectivity index (χ3v) is 7.47. The molecular formula is C29H29N5O5S. The van der Waals surface area contributed by atoms with Gasteiger partial charge in [-0.1, -0.05) is 6.07 Å². The van der Waals surface area contributed by atoms with Crippen LogP contribution in [0.4, 0.5) is 11.4 Å². The van der Waals surface area contributed by atoms with Gasteiger partial charge in [0.1, 0.15) is 22.9 Å². The number of nitrogens with zero attached hydrogens (tertiary/aromatic N) is 4. The lowest BCUT2D eigenvalue weighted by Gasteiger charge is -2.29. The van der Waals surface area contributed by atoms with E-state index in [0.29, 0.717) is 28.0 Å². The molecular weight excluding hydrogens is 530 g/mol. The summed E-state index contributed by atoms with van der Waals surface area (Å²) in [6, 6.07) is 17.5. The maximum atomic E-state index is 12.1. The van der Waals surface area contributed by atoms with E-state index in [1.165, 1.54) is 13.2 Å². The van der Waals surface area contributed by atoms with Crippen LogP contribution in [0.25, 0.3) is 5.69 Å². The Labute approximate surface area is 237 Å². The van der Waals surface area contributed by atoms with E-state index in [0.717, 1.165) is 28.3 Å². The van der Waals surface area contributed by atoms with Crippen LogP contribution in [0.1, 0.15) is 34.7 Å². The standard InChI is InChI=1S/C29H29N5O5S/c1-17-14-21(18(2)32(17)23-11-9-19(37-3)15-24(23)34(35)36)28-27(22-8-6-7-13-30-22)31-29(40)33(28)25-16-20(38-4)10-12-26(25)39-5/h6-16,27-28H,1-5H3,(H,31,40)/t27-,28-/m1/s1. The predicted molar refractivity (Wildman–Crippen MR) is 156 cm³/mol. The number of thiocarbonyl (C=S) groups is 1. The zero-order valence-electron chi connectivity index (χ0n) is 22.7. The average Bonchev–Trinajstić information content (AvgIpc) is 3.47. The van der Waals surface area contributed by atoms with Crippen LogP contribution in [-0.4, -0.2) is 40.9 Å². The van der Waals surface area contributed by atoms with Gasteiger partial charge in [0.25, 0.3) is 5.69 Å². The van der Waals surface area contributed by atoms with E-state index in [2.05, 4.69) is 10.3 Å². The number of benzene rings is 2. The maximum absolute atomic E-state index is 12.1. The van der Waals surface area contributed by atoms with Crippen molar-refractivity contribution in [1.82, 2.24) is 14.9 Å². The van der Waals surface area contributed by atoms with Crippen molar-refractivity contribution in [1.29, 1.82) is 0 Å². The summed E-state index contributed by atoms with van der Waals surface area (Å²) in [6.45, 7) is 3.88. The highest BCUT2D eigenvalue weighted by Gasteiger charge is 2.43. The SMILES string of the molecule is COc1ccc(OC)c(N2C(=S)N[C@H](c3ccccn3)[C@H]2c2cc(C)n(-c3ccc(OC)cc3[N+](=O)[O-])c2C)c1. The van der Waals surface area contributed by atoms with E-state index < -0.39 is 4.92 Å². The van der Waals surface area contributed by atoms with Crippen LogP contribution in [0.3, 0.4) is 0 Å². The molecule has 1 saturated heterocycles. The number of ether oxygens (including phenoxy) is 3. The van der Waals surface area contributed by atoms with Crippen LogP contribution in [0, 0.1) is 24.0 Å². The molecule has 11 heteroatoms. The van der Waals surface area contributed by atoms with Gasteiger partial charge >= 0.3 is 0 Å². The molecule has 206 valence electrons. The molecule has 5 rings (SSSR count). The fourth-order valence-electron chi connectivity index (χ4n) is 5.34. The monoisotopic (exact) mass is 559 g/mol. The first-order chi connectivity index (χ1) is 19.3. The molecule has 2 aromatic carbocycles. The number of aromatic nitrogens is 2. The quantitative estimate of drug-likeness (QED) is 0.168. The molecule has 2 atom stereocenters. The summed E-state index contributed by atoms with van der Waals surface area (Å²) < 4.78 is 18.4. The van der Waals surface area contributed by atoms with E-state index in [1.54, 1.807) is 32.5 Å². The molecule has 0 saturated carbocycles. The molecule has 1 aliphatic heterocycles. The van der Waals surface area contributed by atoms with Gasteiger partial charge < -0.3 is 29.0 Å².